The number of sulfonamides is 1. The van der Waals surface area contributed by atoms with Gasteiger partial charge in [0.05, 0.1) is 10.6 Å². The van der Waals surface area contributed by atoms with E-state index in [0.29, 0.717) is 22.3 Å². The van der Waals surface area contributed by atoms with E-state index in [4.69, 9.17) is 23.2 Å². The van der Waals surface area contributed by atoms with Crippen LogP contribution in [0.3, 0.4) is 0 Å². The molecule has 3 rings (SSSR count). The van der Waals surface area contributed by atoms with Crippen molar-refractivity contribution in [1.82, 2.24) is 10.2 Å². The zero-order valence-corrected chi connectivity index (χ0v) is 24.6. The second-order valence-electron chi connectivity index (χ2n) is 9.27. The maximum atomic E-state index is 13.9. The number of nitrogens with zero attached hydrogens (tertiary/aromatic N) is 2. The van der Waals surface area contributed by atoms with Gasteiger partial charge < -0.3 is 10.2 Å². The third-order valence-electron chi connectivity index (χ3n) is 6.23. The molecule has 0 aliphatic rings. The van der Waals surface area contributed by atoms with Crippen LogP contribution in [-0.2, 0) is 26.2 Å². The van der Waals surface area contributed by atoms with Crippen LogP contribution in [0.25, 0.3) is 0 Å². The Balaban J connectivity index is 1.99. The van der Waals surface area contributed by atoms with Crippen LogP contribution in [0.1, 0.15) is 37.8 Å². The fourth-order valence-electron chi connectivity index (χ4n) is 3.95. The summed E-state index contributed by atoms with van der Waals surface area (Å²) in [5, 5.41) is 3.81. The Morgan fingerprint density at radius 1 is 0.949 bits per heavy atom. The third kappa shape index (κ3) is 8.21. The molecule has 0 aliphatic heterocycles. The lowest BCUT2D eigenvalue weighted by molar-refractivity contribution is -0.139. The van der Waals surface area contributed by atoms with Crippen LogP contribution in [0.4, 0.5) is 5.69 Å². The van der Waals surface area contributed by atoms with Crippen LogP contribution in [0.2, 0.25) is 10.0 Å². The van der Waals surface area contributed by atoms with Crippen LogP contribution in [0.15, 0.2) is 77.7 Å². The van der Waals surface area contributed by atoms with Crippen LogP contribution in [0, 0.1) is 6.92 Å². The average Bonchev–Trinajstić information content (AvgIpc) is 2.91. The highest BCUT2D eigenvalue weighted by atomic mass is 35.5. The van der Waals surface area contributed by atoms with Crippen molar-refractivity contribution in [3.05, 3.63) is 94.0 Å². The first-order valence-electron chi connectivity index (χ1n) is 12.7. The molecule has 0 spiro atoms. The minimum Gasteiger partial charge on any atom is -0.354 e. The monoisotopic (exact) mass is 589 g/mol. The van der Waals surface area contributed by atoms with Gasteiger partial charge in [-0.15, -0.1) is 0 Å². The molecular formula is C29H33Cl2N3O4S. The molecule has 0 saturated heterocycles. The number of amides is 2. The number of carbonyl (C=O) groups excluding carboxylic acids is 2. The number of aryl methyl sites for hydroxylation is 1. The van der Waals surface area contributed by atoms with E-state index >= 15 is 0 Å². The Morgan fingerprint density at radius 2 is 1.56 bits per heavy atom. The van der Waals surface area contributed by atoms with Gasteiger partial charge in [-0.25, -0.2) is 8.42 Å². The Labute approximate surface area is 240 Å². The molecule has 1 atom stereocenters. The van der Waals surface area contributed by atoms with Crippen LogP contribution in [0.5, 0.6) is 0 Å². The minimum absolute atomic E-state index is 0.00388. The lowest BCUT2D eigenvalue weighted by atomic mass is 10.1. The predicted octanol–water partition coefficient (Wildman–Crippen LogP) is 5.83. The smallest absolute Gasteiger partial charge is 0.264 e. The summed E-state index contributed by atoms with van der Waals surface area (Å²) in [6, 6.07) is 18.8. The van der Waals surface area contributed by atoms with Crippen LogP contribution < -0.4 is 9.62 Å². The minimum atomic E-state index is -4.15. The van der Waals surface area contributed by atoms with E-state index in [1.165, 1.54) is 29.2 Å². The zero-order valence-electron chi connectivity index (χ0n) is 22.2. The molecule has 0 bridgehead atoms. The van der Waals surface area contributed by atoms with Gasteiger partial charge in [0.25, 0.3) is 10.0 Å². The van der Waals surface area contributed by atoms with Crippen molar-refractivity contribution >= 4 is 50.7 Å². The average molecular weight is 591 g/mol. The Kier molecular flexibility index (Phi) is 10.8. The predicted molar refractivity (Wildman–Crippen MR) is 157 cm³/mol. The zero-order chi connectivity index (χ0) is 28.6. The number of halogens is 2. The van der Waals surface area contributed by atoms with Gasteiger partial charge in [-0.1, -0.05) is 60.8 Å². The maximum absolute atomic E-state index is 13.9. The molecule has 0 radical (unpaired) electrons. The summed E-state index contributed by atoms with van der Waals surface area (Å²) in [5.41, 5.74) is 1.92. The number of anilines is 1. The third-order valence-corrected chi connectivity index (χ3v) is 8.53. The number of unbranched alkanes of at least 4 members (excludes halogenated alkanes) is 1. The van der Waals surface area contributed by atoms with Gasteiger partial charge in [0.1, 0.15) is 12.6 Å². The van der Waals surface area contributed by atoms with Gasteiger partial charge in [0, 0.05) is 23.1 Å². The molecular weight excluding hydrogens is 557 g/mol. The van der Waals surface area contributed by atoms with Crippen molar-refractivity contribution in [3.63, 3.8) is 0 Å². The molecule has 0 aromatic heterocycles. The summed E-state index contributed by atoms with van der Waals surface area (Å²) in [5.74, 6) is -0.837. The maximum Gasteiger partial charge on any atom is 0.264 e. The van der Waals surface area contributed by atoms with Crippen molar-refractivity contribution in [3.8, 4) is 0 Å². The summed E-state index contributed by atoms with van der Waals surface area (Å²) in [6.45, 7) is 5.58. The van der Waals surface area contributed by atoms with Crippen LogP contribution in [-0.4, -0.2) is 44.3 Å². The number of nitrogens with one attached hydrogen (secondary N) is 1. The van der Waals surface area contributed by atoms with E-state index in [2.05, 4.69) is 5.32 Å². The lowest BCUT2D eigenvalue weighted by Gasteiger charge is -2.32. The molecule has 3 aromatic carbocycles. The highest BCUT2D eigenvalue weighted by Crippen LogP contribution is 2.26. The second-order valence-corrected chi connectivity index (χ2v) is 12.0. The molecule has 0 fully saturated rings. The number of hydrogen-bond donors (Lipinski definition) is 1. The second kappa shape index (κ2) is 13.8. The van der Waals surface area contributed by atoms with E-state index in [0.717, 1.165) is 28.3 Å². The Morgan fingerprint density at radius 3 is 2.15 bits per heavy atom. The summed E-state index contributed by atoms with van der Waals surface area (Å²) >= 11 is 12.0. The summed E-state index contributed by atoms with van der Waals surface area (Å²) in [6.07, 6.45) is 1.72. The van der Waals surface area contributed by atoms with Crippen molar-refractivity contribution in [2.75, 3.05) is 17.4 Å². The van der Waals surface area contributed by atoms with Gasteiger partial charge >= 0.3 is 0 Å². The molecule has 208 valence electrons. The van der Waals surface area contributed by atoms with Gasteiger partial charge in [-0.3, -0.25) is 13.9 Å². The molecule has 0 saturated carbocycles. The van der Waals surface area contributed by atoms with Gasteiger partial charge in [-0.05, 0) is 79.9 Å². The van der Waals surface area contributed by atoms with E-state index in [1.54, 1.807) is 49.4 Å². The number of carbonyl (C=O) groups is 2. The molecule has 0 heterocycles. The number of rotatable bonds is 12. The highest BCUT2D eigenvalue weighted by molar-refractivity contribution is 7.92. The first-order chi connectivity index (χ1) is 18.5. The first kappa shape index (κ1) is 30.5. The molecule has 3 aromatic rings. The standard InChI is InChI=1S/C29H33Cl2N3O4S/c1-4-5-17-32-29(36)22(3)33(19-23-9-11-24(30)12-10-23)28(35)20-34(26-8-6-7-21(2)18-26)39(37,38)27-15-13-25(31)14-16-27/h6-16,18,22H,4-5,17,19-20H2,1-3H3,(H,32,36)/t22-/m0/s1. The molecule has 7 nitrogen and oxygen atoms in total. The van der Waals surface area contributed by atoms with Gasteiger partial charge in [-0.2, -0.15) is 0 Å². The van der Waals surface area contributed by atoms with Crippen molar-refractivity contribution in [2.24, 2.45) is 0 Å². The SMILES string of the molecule is CCCCNC(=O)[C@H](C)N(Cc1ccc(Cl)cc1)C(=O)CN(c1cccc(C)c1)S(=O)(=O)c1ccc(Cl)cc1. The molecule has 0 unspecified atom stereocenters. The Bertz CT molecular complexity index is 1380. The van der Waals surface area contributed by atoms with E-state index < -0.39 is 28.5 Å². The van der Waals surface area contributed by atoms with E-state index in [-0.39, 0.29) is 17.3 Å². The van der Waals surface area contributed by atoms with Crippen molar-refractivity contribution < 1.29 is 18.0 Å². The molecule has 10 heteroatoms. The molecule has 39 heavy (non-hydrogen) atoms. The largest absolute Gasteiger partial charge is 0.354 e. The molecule has 0 aliphatic carbocycles. The van der Waals surface area contributed by atoms with Crippen molar-refractivity contribution in [1.29, 1.82) is 0 Å². The topological polar surface area (TPSA) is 86.8 Å². The number of benzene rings is 3. The van der Waals surface area contributed by atoms with Crippen molar-refractivity contribution in [2.45, 2.75) is 51.1 Å². The van der Waals surface area contributed by atoms with Gasteiger partial charge in [0.15, 0.2) is 0 Å². The summed E-state index contributed by atoms with van der Waals surface area (Å²) in [4.78, 5) is 28.3. The fraction of sp³-hybridized carbons (Fsp3) is 0.310. The highest BCUT2D eigenvalue weighted by Gasteiger charge is 2.32. The Hall–Kier alpha value is -3.07. The lowest BCUT2D eigenvalue weighted by Crippen LogP contribution is -2.51. The normalized spacial score (nSPS) is 12.0. The van der Waals surface area contributed by atoms with Crippen LogP contribution >= 0.6 is 23.2 Å². The van der Waals surface area contributed by atoms with E-state index in [9.17, 15) is 18.0 Å². The molecule has 2 amide bonds. The summed E-state index contributed by atoms with van der Waals surface area (Å²) in [7, 11) is -4.15. The van der Waals surface area contributed by atoms with Gasteiger partial charge in [0.2, 0.25) is 11.8 Å². The quantitative estimate of drug-likeness (QED) is 0.269. The fourth-order valence-corrected chi connectivity index (χ4v) is 5.61. The first-order valence-corrected chi connectivity index (χ1v) is 14.9. The molecule has 1 N–H and O–H groups in total. The number of hydrogen-bond acceptors (Lipinski definition) is 4. The summed E-state index contributed by atoms with van der Waals surface area (Å²) < 4.78 is 28.7. The van der Waals surface area contributed by atoms with E-state index in [1.807, 2.05) is 19.9 Å².